The summed E-state index contributed by atoms with van der Waals surface area (Å²) in [6.07, 6.45) is 3.75. The van der Waals surface area contributed by atoms with E-state index < -0.39 is 0 Å². The van der Waals surface area contributed by atoms with E-state index in [0.29, 0.717) is 32.7 Å². The van der Waals surface area contributed by atoms with Gasteiger partial charge in [0, 0.05) is 24.2 Å². The summed E-state index contributed by atoms with van der Waals surface area (Å²) in [5.74, 6) is 0.122. The van der Waals surface area contributed by atoms with Crippen molar-refractivity contribution in [3.63, 3.8) is 0 Å². The predicted molar refractivity (Wildman–Crippen MR) is 98.4 cm³/mol. The number of morpholine rings is 1. The highest BCUT2D eigenvalue weighted by molar-refractivity contribution is 7.12. The molecule has 0 aliphatic carbocycles. The lowest BCUT2D eigenvalue weighted by Gasteiger charge is -2.26. The number of hydrogen-bond acceptors (Lipinski definition) is 5. The van der Waals surface area contributed by atoms with Crippen LogP contribution < -0.4 is 0 Å². The molecule has 0 aromatic carbocycles. The first-order chi connectivity index (χ1) is 12.1. The molecule has 1 fully saturated rings. The lowest BCUT2D eigenvalue weighted by atomic mass is 10.1. The zero-order valence-electron chi connectivity index (χ0n) is 15.2. The molecule has 3 heterocycles. The summed E-state index contributed by atoms with van der Waals surface area (Å²) in [6, 6.07) is 0. The van der Waals surface area contributed by atoms with Crippen LogP contribution in [-0.2, 0) is 22.4 Å². The second-order valence-corrected chi connectivity index (χ2v) is 7.29. The van der Waals surface area contributed by atoms with Gasteiger partial charge in [-0.05, 0) is 32.3 Å². The highest BCUT2D eigenvalue weighted by Gasteiger charge is 2.19. The van der Waals surface area contributed by atoms with Gasteiger partial charge in [-0.3, -0.25) is 4.79 Å². The summed E-state index contributed by atoms with van der Waals surface area (Å²) in [7, 11) is 0. The third kappa shape index (κ3) is 4.10. The molecule has 0 N–H and O–H groups in total. The molecule has 1 aliphatic heterocycles. The topological polar surface area (TPSA) is 60.2 Å². The number of hydrogen-bond donors (Lipinski definition) is 0. The minimum atomic E-state index is 0.122. The standard InChI is InChI=1S/C18H26N4O2S/c1-4-5-6-16-13(2)20-22(14(16)3)18-19-15(12-25-18)11-17(23)21-7-9-24-10-8-21/h12H,4-11H2,1-3H3. The van der Waals surface area contributed by atoms with E-state index in [9.17, 15) is 4.79 Å². The normalized spacial score (nSPS) is 14.9. The number of thiazole rings is 1. The van der Waals surface area contributed by atoms with Crippen molar-refractivity contribution in [2.24, 2.45) is 0 Å². The molecule has 2 aromatic rings. The van der Waals surface area contributed by atoms with Crippen molar-refractivity contribution in [2.75, 3.05) is 26.3 Å². The minimum absolute atomic E-state index is 0.122. The molecule has 0 saturated carbocycles. The Morgan fingerprint density at radius 1 is 1.32 bits per heavy atom. The van der Waals surface area contributed by atoms with Gasteiger partial charge in [-0.1, -0.05) is 13.3 Å². The van der Waals surface area contributed by atoms with Crippen LogP contribution >= 0.6 is 11.3 Å². The van der Waals surface area contributed by atoms with Gasteiger partial charge in [0.25, 0.3) is 0 Å². The number of carbonyl (C=O) groups is 1. The Balaban J connectivity index is 1.72. The van der Waals surface area contributed by atoms with E-state index in [-0.39, 0.29) is 5.91 Å². The number of amides is 1. The van der Waals surface area contributed by atoms with Crippen LogP contribution in [0.2, 0.25) is 0 Å². The Bertz CT molecular complexity index is 732. The maximum absolute atomic E-state index is 12.4. The van der Waals surface area contributed by atoms with Crippen molar-refractivity contribution in [3.05, 3.63) is 28.0 Å². The number of ether oxygens (including phenoxy) is 1. The van der Waals surface area contributed by atoms with E-state index in [1.165, 1.54) is 18.4 Å². The maximum atomic E-state index is 12.4. The molecule has 2 aromatic heterocycles. The third-order valence-corrected chi connectivity index (χ3v) is 5.50. The summed E-state index contributed by atoms with van der Waals surface area (Å²) < 4.78 is 7.22. The van der Waals surface area contributed by atoms with E-state index in [1.807, 2.05) is 15.0 Å². The molecular formula is C18H26N4O2S. The zero-order chi connectivity index (χ0) is 17.8. The van der Waals surface area contributed by atoms with Crippen molar-refractivity contribution in [1.29, 1.82) is 0 Å². The Hall–Kier alpha value is -1.73. The van der Waals surface area contributed by atoms with Crippen LogP contribution in [0.3, 0.4) is 0 Å². The average Bonchev–Trinajstić information content (AvgIpc) is 3.18. The van der Waals surface area contributed by atoms with Crippen LogP contribution in [0.4, 0.5) is 0 Å². The summed E-state index contributed by atoms with van der Waals surface area (Å²) in [6.45, 7) is 8.96. The van der Waals surface area contributed by atoms with Gasteiger partial charge in [-0.2, -0.15) is 5.10 Å². The van der Waals surface area contributed by atoms with Crippen LogP contribution in [0.15, 0.2) is 5.38 Å². The predicted octanol–water partition coefficient (Wildman–Crippen LogP) is 2.69. The Morgan fingerprint density at radius 3 is 2.80 bits per heavy atom. The molecule has 0 atom stereocenters. The van der Waals surface area contributed by atoms with E-state index in [0.717, 1.165) is 28.6 Å². The van der Waals surface area contributed by atoms with Gasteiger partial charge in [-0.25, -0.2) is 9.67 Å². The van der Waals surface area contributed by atoms with Crippen molar-refractivity contribution < 1.29 is 9.53 Å². The summed E-state index contributed by atoms with van der Waals surface area (Å²) >= 11 is 1.55. The van der Waals surface area contributed by atoms with Crippen molar-refractivity contribution >= 4 is 17.2 Å². The lowest BCUT2D eigenvalue weighted by molar-refractivity contribution is -0.134. The SMILES string of the molecule is CCCCc1c(C)nn(-c2nc(CC(=O)N3CCOCC3)cs2)c1C. The first-order valence-corrected chi connectivity index (χ1v) is 9.83. The number of carbonyl (C=O) groups excluding carboxylic acids is 1. The van der Waals surface area contributed by atoms with Gasteiger partial charge < -0.3 is 9.64 Å². The quantitative estimate of drug-likeness (QED) is 0.793. The lowest BCUT2D eigenvalue weighted by Crippen LogP contribution is -2.41. The molecule has 1 saturated heterocycles. The molecule has 0 unspecified atom stereocenters. The van der Waals surface area contributed by atoms with Gasteiger partial charge in [0.1, 0.15) is 0 Å². The Labute approximate surface area is 152 Å². The average molecular weight is 362 g/mol. The summed E-state index contributed by atoms with van der Waals surface area (Å²) in [5, 5.41) is 7.48. The van der Waals surface area contributed by atoms with E-state index >= 15 is 0 Å². The third-order valence-electron chi connectivity index (χ3n) is 4.64. The highest BCUT2D eigenvalue weighted by Crippen LogP contribution is 2.22. The molecule has 1 aliphatic rings. The van der Waals surface area contributed by atoms with E-state index in [2.05, 4.69) is 30.9 Å². The van der Waals surface area contributed by atoms with Crippen LogP contribution in [0.5, 0.6) is 0 Å². The molecule has 25 heavy (non-hydrogen) atoms. The fraction of sp³-hybridized carbons (Fsp3) is 0.611. The molecule has 0 spiro atoms. The number of aryl methyl sites for hydroxylation is 1. The number of unbranched alkanes of at least 4 members (excludes halogenated alkanes) is 1. The van der Waals surface area contributed by atoms with E-state index in [4.69, 9.17) is 4.74 Å². The van der Waals surface area contributed by atoms with Gasteiger partial charge in [0.15, 0.2) is 0 Å². The Kier molecular flexibility index (Phi) is 5.86. The minimum Gasteiger partial charge on any atom is -0.378 e. The van der Waals surface area contributed by atoms with Crippen molar-refractivity contribution in [1.82, 2.24) is 19.7 Å². The van der Waals surface area contributed by atoms with Gasteiger partial charge >= 0.3 is 0 Å². The van der Waals surface area contributed by atoms with Gasteiger partial charge in [0.05, 0.1) is 31.0 Å². The molecular weight excluding hydrogens is 336 g/mol. The molecule has 0 radical (unpaired) electrons. The molecule has 1 amide bonds. The molecule has 136 valence electrons. The summed E-state index contributed by atoms with van der Waals surface area (Å²) in [4.78, 5) is 18.9. The van der Waals surface area contributed by atoms with Crippen LogP contribution in [0, 0.1) is 13.8 Å². The fourth-order valence-electron chi connectivity index (χ4n) is 3.13. The highest BCUT2D eigenvalue weighted by atomic mass is 32.1. The second kappa shape index (κ2) is 8.10. The van der Waals surface area contributed by atoms with Crippen LogP contribution in [0.1, 0.15) is 42.4 Å². The van der Waals surface area contributed by atoms with Crippen LogP contribution in [-0.4, -0.2) is 51.9 Å². The van der Waals surface area contributed by atoms with Gasteiger partial charge in [0.2, 0.25) is 11.0 Å². The smallest absolute Gasteiger partial charge is 0.228 e. The van der Waals surface area contributed by atoms with E-state index in [1.54, 1.807) is 11.3 Å². The number of aromatic nitrogens is 3. The Morgan fingerprint density at radius 2 is 2.08 bits per heavy atom. The second-order valence-electron chi connectivity index (χ2n) is 6.46. The molecule has 0 bridgehead atoms. The van der Waals surface area contributed by atoms with Gasteiger partial charge in [-0.15, -0.1) is 11.3 Å². The maximum Gasteiger partial charge on any atom is 0.228 e. The molecule has 3 rings (SSSR count). The van der Waals surface area contributed by atoms with Crippen molar-refractivity contribution in [2.45, 2.75) is 46.5 Å². The first kappa shape index (κ1) is 18.1. The number of nitrogens with zero attached hydrogens (tertiary/aromatic N) is 4. The summed E-state index contributed by atoms with van der Waals surface area (Å²) in [5.41, 5.74) is 4.38. The van der Waals surface area contributed by atoms with Crippen molar-refractivity contribution in [3.8, 4) is 5.13 Å². The monoisotopic (exact) mass is 362 g/mol. The first-order valence-electron chi connectivity index (χ1n) is 8.95. The molecule has 7 heteroatoms. The molecule has 6 nitrogen and oxygen atoms in total. The fourth-order valence-corrected chi connectivity index (χ4v) is 3.96. The largest absolute Gasteiger partial charge is 0.378 e. The zero-order valence-corrected chi connectivity index (χ0v) is 16.1. The van der Waals surface area contributed by atoms with Crippen LogP contribution in [0.25, 0.3) is 5.13 Å². The number of rotatable bonds is 6.